The molecule has 0 fully saturated rings. The number of unbranched alkanes of at least 4 members (excludes halogenated alkanes) is 2. The van der Waals surface area contributed by atoms with Crippen LogP contribution in [0.3, 0.4) is 0 Å². The molecule has 158 valence electrons. The number of nitrogens with zero attached hydrogens (tertiary/aromatic N) is 1. The molecule has 0 saturated carbocycles. The fourth-order valence-corrected chi connectivity index (χ4v) is 3.03. The van der Waals surface area contributed by atoms with Crippen LogP contribution in [0.2, 0.25) is 5.15 Å². The average molecular weight is 420 g/mol. The van der Waals surface area contributed by atoms with Gasteiger partial charge in [0, 0.05) is 5.56 Å². The molecule has 29 heavy (non-hydrogen) atoms. The maximum absolute atomic E-state index is 13.0. The van der Waals surface area contributed by atoms with Crippen molar-refractivity contribution in [2.45, 2.75) is 59.5 Å². The minimum absolute atomic E-state index is 0.159. The Labute approximate surface area is 178 Å². The lowest BCUT2D eigenvalue weighted by atomic mass is 10.1. The molecule has 0 unspecified atom stereocenters. The Morgan fingerprint density at radius 3 is 2.28 bits per heavy atom. The monoisotopic (exact) mass is 419 g/mol. The van der Waals surface area contributed by atoms with Gasteiger partial charge < -0.3 is 14.2 Å². The van der Waals surface area contributed by atoms with Gasteiger partial charge in [0.05, 0.1) is 13.2 Å². The van der Waals surface area contributed by atoms with Crippen molar-refractivity contribution in [3.05, 3.63) is 52.2 Å². The normalized spacial score (nSPS) is 10.6. The molecule has 0 atom stereocenters. The molecule has 1 heterocycles. The van der Waals surface area contributed by atoms with Crippen LogP contribution in [-0.4, -0.2) is 24.2 Å². The molecule has 0 aliphatic carbocycles. The zero-order valence-electron chi connectivity index (χ0n) is 17.5. The summed E-state index contributed by atoms with van der Waals surface area (Å²) in [6, 6.07) is 9.53. The molecule has 0 aliphatic heterocycles. The number of benzene rings is 1. The van der Waals surface area contributed by atoms with Gasteiger partial charge in [-0.2, -0.15) is 0 Å². The fourth-order valence-electron chi connectivity index (χ4n) is 2.73. The first-order chi connectivity index (χ1) is 14.1. The zero-order chi connectivity index (χ0) is 21.1. The molecule has 1 aromatic heterocycles. The Hall–Kier alpha value is -2.27. The fraction of sp³-hybridized carbons (Fsp3) is 0.478. The van der Waals surface area contributed by atoms with Crippen LogP contribution in [0.1, 0.15) is 67.9 Å². The second-order valence-corrected chi connectivity index (χ2v) is 7.07. The highest BCUT2D eigenvalue weighted by Crippen LogP contribution is 2.36. The first kappa shape index (κ1) is 23.0. The Bertz CT molecular complexity index is 780. The highest BCUT2D eigenvalue weighted by Gasteiger charge is 2.27. The molecule has 1 aromatic carbocycles. The molecule has 0 amide bonds. The largest absolute Gasteiger partial charge is 0.492 e. The zero-order valence-corrected chi connectivity index (χ0v) is 18.3. The maximum Gasteiger partial charge on any atom is 0.347 e. The molecule has 0 spiro atoms. The van der Waals surface area contributed by atoms with Crippen molar-refractivity contribution < 1.29 is 19.0 Å². The van der Waals surface area contributed by atoms with Crippen molar-refractivity contribution in [2.75, 3.05) is 13.2 Å². The number of esters is 1. The summed E-state index contributed by atoms with van der Waals surface area (Å²) in [5.74, 6) is 0.0708. The Balaban J connectivity index is 2.37. The van der Waals surface area contributed by atoms with E-state index in [1.807, 2.05) is 37.3 Å². The molecule has 6 heteroatoms. The van der Waals surface area contributed by atoms with Crippen LogP contribution in [0.15, 0.2) is 30.3 Å². The van der Waals surface area contributed by atoms with Crippen LogP contribution >= 0.6 is 11.6 Å². The van der Waals surface area contributed by atoms with Gasteiger partial charge in [0.15, 0.2) is 5.56 Å². The number of aromatic nitrogens is 1. The number of pyridine rings is 1. The van der Waals surface area contributed by atoms with E-state index in [1.54, 1.807) is 0 Å². The van der Waals surface area contributed by atoms with Crippen molar-refractivity contribution in [1.82, 2.24) is 4.98 Å². The van der Waals surface area contributed by atoms with Gasteiger partial charge in [-0.05, 0) is 24.8 Å². The van der Waals surface area contributed by atoms with E-state index in [4.69, 9.17) is 25.8 Å². The molecule has 0 radical (unpaired) electrons. The van der Waals surface area contributed by atoms with Gasteiger partial charge in [0.25, 0.3) is 0 Å². The van der Waals surface area contributed by atoms with Gasteiger partial charge in [0.2, 0.25) is 5.88 Å². The molecule has 0 saturated heterocycles. The topological polar surface area (TPSA) is 57.7 Å². The van der Waals surface area contributed by atoms with Crippen LogP contribution in [0.25, 0.3) is 0 Å². The molecule has 0 bridgehead atoms. The van der Waals surface area contributed by atoms with E-state index in [2.05, 4.69) is 18.8 Å². The minimum atomic E-state index is -0.522. The number of halogens is 1. The summed E-state index contributed by atoms with van der Waals surface area (Å²) in [6.07, 6.45) is 4.25. The third-order valence-electron chi connectivity index (χ3n) is 4.42. The van der Waals surface area contributed by atoms with E-state index in [0.29, 0.717) is 36.1 Å². The molecular formula is C23H30ClNO4. The Kier molecular flexibility index (Phi) is 9.78. The van der Waals surface area contributed by atoms with Crippen LogP contribution < -0.4 is 9.47 Å². The number of carbonyl (C=O) groups is 1. The van der Waals surface area contributed by atoms with E-state index in [0.717, 1.165) is 31.2 Å². The number of ether oxygens (including phenoxy) is 3. The summed E-state index contributed by atoms with van der Waals surface area (Å²) in [6.45, 7) is 7.19. The van der Waals surface area contributed by atoms with Crippen molar-refractivity contribution >= 4 is 17.6 Å². The maximum atomic E-state index is 13.0. The lowest BCUT2D eigenvalue weighted by Crippen LogP contribution is -2.15. The lowest BCUT2D eigenvalue weighted by molar-refractivity contribution is 0.0461. The average Bonchev–Trinajstić information content (AvgIpc) is 2.73. The highest BCUT2D eigenvalue weighted by molar-refractivity contribution is 6.30. The molecule has 2 aromatic rings. The SMILES string of the molecule is CCCCOc1nc(Cl)c(CC)c(OCCCC)c1C(=O)OCc1ccccc1. The second kappa shape index (κ2) is 12.3. The van der Waals surface area contributed by atoms with E-state index < -0.39 is 5.97 Å². The summed E-state index contributed by atoms with van der Waals surface area (Å²) in [5.41, 5.74) is 1.81. The number of carbonyl (C=O) groups excluding carboxylic acids is 1. The molecule has 0 aliphatic rings. The van der Waals surface area contributed by atoms with Crippen molar-refractivity contribution in [3.63, 3.8) is 0 Å². The van der Waals surface area contributed by atoms with E-state index in [1.165, 1.54) is 0 Å². The number of hydrogen-bond donors (Lipinski definition) is 0. The third kappa shape index (κ3) is 6.64. The predicted molar refractivity (Wildman–Crippen MR) is 115 cm³/mol. The number of rotatable bonds is 12. The number of hydrogen-bond acceptors (Lipinski definition) is 5. The van der Waals surface area contributed by atoms with Gasteiger partial charge >= 0.3 is 5.97 Å². The van der Waals surface area contributed by atoms with Gasteiger partial charge in [0.1, 0.15) is 17.5 Å². The van der Waals surface area contributed by atoms with Gasteiger partial charge in [-0.15, -0.1) is 0 Å². The summed E-state index contributed by atoms with van der Waals surface area (Å²) in [7, 11) is 0. The standard InChI is InChI=1S/C23H30ClNO4/c1-4-7-14-27-20-18(6-3)21(24)25-22(28-15-8-5-2)19(20)23(26)29-16-17-12-10-9-11-13-17/h9-13H,4-8,14-16H2,1-3H3. The van der Waals surface area contributed by atoms with Gasteiger partial charge in [-0.3, -0.25) is 0 Å². The van der Waals surface area contributed by atoms with Crippen LogP contribution in [-0.2, 0) is 17.8 Å². The van der Waals surface area contributed by atoms with Gasteiger partial charge in [-0.1, -0.05) is 75.5 Å². The quantitative estimate of drug-likeness (QED) is 0.239. The summed E-state index contributed by atoms with van der Waals surface area (Å²) in [5, 5.41) is 0.296. The van der Waals surface area contributed by atoms with Gasteiger partial charge in [-0.25, -0.2) is 9.78 Å². The predicted octanol–water partition coefficient (Wildman–Crippen LogP) is 6.01. The van der Waals surface area contributed by atoms with Crippen LogP contribution in [0, 0.1) is 0 Å². The second-order valence-electron chi connectivity index (χ2n) is 6.71. The smallest absolute Gasteiger partial charge is 0.347 e. The summed E-state index contributed by atoms with van der Waals surface area (Å²) >= 11 is 6.39. The summed E-state index contributed by atoms with van der Waals surface area (Å²) < 4.78 is 17.4. The Morgan fingerprint density at radius 1 is 1.00 bits per heavy atom. The van der Waals surface area contributed by atoms with Crippen molar-refractivity contribution in [1.29, 1.82) is 0 Å². The highest BCUT2D eigenvalue weighted by atomic mass is 35.5. The Morgan fingerprint density at radius 2 is 1.66 bits per heavy atom. The van der Waals surface area contributed by atoms with Crippen molar-refractivity contribution in [2.24, 2.45) is 0 Å². The third-order valence-corrected chi connectivity index (χ3v) is 4.73. The van der Waals surface area contributed by atoms with Crippen LogP contribution in [0.4, 0.5) is 0 Å². The molecule has 0 N–H and O–H groups in total. The van der Waals surface area contributed by atoms with Crippen molar-refractivity contribution in [3.8, 4) is 11.6 Å². The summed E-state index contributed by atoms with van der Waals surface area (Å²) in [4.78, 5) is 17.4. The molecular weight excluding hydrogens is 390 g/mol. The van der Waals surface area contributed by atoms with Crippen LogP contribution in [0.5, 0.6) is 11.6 Å². The first-order valence-electron chi connectivity index (χ1n) is 10.3. The minimum Gasteiger partial charge on any atom is -0.492 e. The van der Waals surface area contributed by atoms with E-state index >= 15 is 0 Å². The van der Waals surface area contributed by atoms with E-state index in [9.17, 15) is 4.79 Å². The lowest BCUT2D eigenvalue weighted by Gasteiger charge is -2.18. The van der Waals surface area contributed by atoms with E-state index in [-0.39, 0.29) is 18.1 Å². The first-order valence-corrected chi connectivity index (χ1v) is 10.7. The molecule has 5 nitrogen and oxygen atoms in total. The molecule has 2 rings (SSSR count).